The van der Waals surface area contributed by atoms with Gasteiger partial charge in [-0.25, -0.2) is 4.21 Å². The van der Waals surface area contributed by atoms with E-state index in [9.17, 15) is 4.21 Å². The summed E-state index contributed by atoms with van der Waals surface area (Å²) in [5, 5.41) is 3.45. The smallest absolute Gasteiger partial charge is 0.0442 e. The third-order valence-electron chi connectivity index (χ3n) is 2.41. The van der Waals surface area contributed by atoms with Gasteiger partial charge in [0.15, 0.2) is 0 Å². The molecule has 0 atom stereocenters. The SMILES string of the molecule is CC(C)CNC1CCS(=N)(=O)CC1. The Hall–Kier alpha value is -0.0900. The van der Waals surface area contributed by atoms with Crippen LogP contribution in [0.1, 0.15) is 26.7 Å². The molecule has 13 heavy (non-hydrogen) atoms. The molecule has 0 radical (unpaired) electrons. The molecule has 0 aromatic heterocycles. The molecule has 1 heterocycles. The first-order chi connectivity index (χ1) is 5.99. The second-order valence-corrected chi connectivity index (χ2v) is 6.74. The van der Waals surface area contributed by atoms with Crippen LogP contribution >= 0.6 is 0 Å². The summed E-state index contributed by atoms with van der Waals surface area (Å²) in [6, 6.07) is 0.502. The maximum Gasteiger partial charge on any atom is 0.0442 e. The van der Waals surface area contributed by atoms with Crippen LogP contribution in [0.2, 0.25) is 0 Å². The van der Waals surface area contributed by atoms with E-state index >= 15 is 0 Å². The van der Waals surface area contributed by atoms with Crippen LogP contribution in [0.4, 0.5) is 0 Å². The molecule has 1 saturated heterocycles. The lowest BCUT2D eigenvalue weighted by Crippen LogP contribution is -2.38. The zero-order chi connectivity index (χ0) is 9.90. The Morgan fingerprint density at radius 2 is 2.00 bits per heavy atom. The highest BCUT2D eigenvalue weighted by atomic mass is 32.2. The van der Waals surface area contributed by atoms with E-state index in [1.54, 1.807) is 0 Å². The second-order valence-electron chi connectivity index (χ2n) is 4.30. The Balaban J connectivity index is 2.26. The van der Waals surface area contributed by atoms with Gasteiger partial charge < -0.3 is 5.32 Å². The zero-order valence-electron chi connectivity index (χ0n) is 8.51. The predicted molar refractivity (Wildman–Crippen MR) is 56.5 cm³/mol. The lowest BCUT2D eigenvalue weighted by molar-refractivity contribution is 0.436. The first-order valence-electron chi connectivity index (χ1n) is 4.97. The van der Waals surface area contributed by atoms with Crippen molar-refractivity contribution < 1.29 is 4.21 Å². The van der Waals surface area contributed by atoms with E-state index in [0.717, 1.165) is 19.4 Å². The van der Waals surface area contributed by atoms with Gasteiger partial charge in [-0.3, -0.25) is 4.78 Å². The van der Waals surface area contributed by atoms with E-state index in [-0.39, 0.29) is 0 Å². The van der Waals surface area contributed by atoms with Crippen LogP contribution in [-0.4, -0.2) is 28.3 Å². The van der Waals surface area contributed by atoms with Crippen LogP contribution in [0.5, 0.6) is 0 Å². The summed E-state index contributed by atoms with van der Waals surface area (Å²) < 4.78 is 18.8. The Morgan fingerprint density at radius 1 is 1.46 bits per heavy atom. The highest BCUT2D eigenvalue weighted by Gasteiger charge is 2.20. The van der Waals surface area contributed by atoms with Crippen molar-refractivity contribution in [2.75, 3.05) is 18.1 Å². The largest absolute Gasteiger partial charge is 0.314 e. The fourth-order valence-electron chi connectivity index (χ4n) is 1.52. The molecule has 1 rings (SSSR count). The zero-order valence-corrected chi connectivity index (χ0v) is 9.32. The van der Waals surface area contributed by atoms with Gasteiger partial charge in [0.1, 0.15) is 0 Å². The number of hydrogen-bond acceptors (Lipinski definition) is 3. The molecule has 4 heteroatoms. The molecule has 1 aliphatic rings. The standard InChI is InChI=1S/C9H20N2OS/c1-8(2)7-11-9-3-5-13(10,12)6-4-9/h8-11H,3-7H2,1-2H3. The molecule has 0 amide bonds. The highest BCUT2D eigenvalue weighted by Crippen LogP contribution is 2.12. The molecule has 0 saturated carbocycles. The molecule has 0 aromatic carbocycles. The first kappa shape index (κ1) is 11.0. The normalized spacial score (nSPS) is 35.2. The van der Waals surface area contributed by atoms with Gasteiger partial charge in [0.05, 0.1) is 0 Å². The summed E-state index contributed by atoms with van der Waals surface area (Å²) in [7, 11) is -2.19. The van der Waals surface area contributed by atoms with Crippen molar-refractivity contribution in [1.29, 1.82) is 4.78 Å². The van der Waals surface area contributed by atoms with Crippen LogP contribution in [0, 0.1) is 10.7 Å². The fraction of sp³-hybridized carbons (Fsp3) is 1.00. The molecule has 2 N–H and O–H groups in total. The molecule has 0 aromatic rings. The molecular weight excluding hydrogens is 184 g/mol. The van der Waals surface area contributed by atoms with Crippen LogP contribution < -0.4 is 5.32 Å². The monoisotopic (exact) mass is 204 g/mol. The van der Waals surface area contributed by atoms with Crippen molar-refractivity contribution in [2.45, 2.75) is 32.7 Å². The molecule has 0 aliphatic carbocycles. The molecule has 1 aliphatic heterocycles. The topological polar surface area (TPSA) is 53.0 Å². The van der Waals surface area contributed by atoms with Gasteiger partial charge in [-0.15, -0.1) is 0 Å². The third kappa shape index (κ3) is 4.09. The summed E-state index contributed by atoms with van der Waals surface area (Å²) in [5.41, 5.74) is 0. The Bertz CT molecular complexity index is 232. The van der Waals surface area contributed by atoms with Crippen molar-refractivity contribution in [1.82, 2.24) is 5.32 Å². The maximum atomic E-state index is 11.3. The van der Waals surface area contributed by atoms with Gasteiger partial charge in [-0.1, -0.05) is 13.8 Å². The Labute approximate surface area is 81.3 Å². The quantitative estimate of drug-likeness (QED) is 0.731. The van der Waals surface area contributed by atoms with Gasteiger partial charge in [0, 0.05) is 27.3 Å². The average molecular weight is 204 g/mol. The molecule has 1 fully saturated rings. The minimum atomic E-state index is -2.19. The molecule has 78 valence electrons. The molecular formula is C9H20N2OS. The van der Waals surface area contributed by atoms with Crippen molar-refractivity contribution in [3.05, 3.63) is 0 Å². The van der Waals surface area contributed by atoms with Crippen molar-refractivity contribution in [3.8, 4) is 0 Å². The Kier molecular flexibility index (Phi) is 3.74. The van der Waals surface area contributed by atoms with E-state index in [4.69, 9.17) is 4.78 Å². The van der Waals surface area contributed by atoms with Crippen molar-refractivity contribution in [3.63, 3.8) is 0 Å². The minimum absolute atomic E-state index is 0.502. The summed E-state index contributed by atoms with van der Waals surface area (Å²) in [5.74, 6) is 1.84. The predicted octanol–water partition coefficient (Wildman–Crippen LogP) is 1.44. The summed E-state index contributed by atoms with van der Waals surface area (Å²) >= 11 is 0. The van der Waals surface area contributed by atoms with Crippen LogP contribution in [0.15, 0.2) is 0 Å². The maximum absolute atomic E-state index is 11.3. The van der Waals surface area contributed by atoms with Crippen molar-refractivity contribution >= 4 is 9.73 Å². The van der Waals surface area contributed by atoms with E-state index in [1.165, 1.54) is 0 Å². The van der Waals surface area contributed by atoms with E-state index < -0.39 is 9.73 Å². The molecule has 0 spiro atoms. The first-order valence-corrected chi connectivity index (χ1v) is 6.87. The fourth-order valence-corrected chi connectivity index (χ4v) is 3.05. The van der Waals surface area contributed by atoms with Gasteiger partial charge in [0.25, 0.3) is 0 Å². The number of nitrogens with one attached hydrogen (secondary N) is 2. The lowest BCUT2D eigenvalue weighted by atomic mass is 10.1. The molecule has 3 nitrogen and oxygen atoms in total. The second kappa shape index (κ2) is 4.42. The highest BCUT2D eigenvalue weighted by molar-refractivity contribution is 7.92. The summed E-state index contributed by atoms with van der Waals surface area (Å²) in [4.78, 5) is 0. The summed E-state index contributed by atoms with van der Waals surface area (Å²) in [6.45, 7) is 5.40. The third-order valence-corrected chi connectivity index (χ3v) is 4.20. The lowest BCUT2D eigenvalue weighted by Gasteiger charge is -2.25. The molecule has 0 unspecified atom stereocenters. The van der Waals surface area contributed by atoms with Gasteiger partial charge >= 0.3 is 0 Å². The van der Waals surface area contributed by atoms with E-state index in [0.29, 0.717) is 23.5 Å². The number of hydrogen-bond donors (Lipinski definition) is 2. The summed E-state index contributed by atoms with van der Waals surface area (Å²) in [6.07, 6.45) is 1.82. The number of rotatable bonds is 3. The molecule has 0 bridgehead atoms. The van der Waals surface area contributed by atoms with Crippen LogP contribution in [0.3, 0.4) is 0 Å². The van der Waals surface area contributed by atoms with E-state index in [1.807, 2.05) is 0 Å². The average Bonchev–Trinajstić information content (AvgIpc) is 2.02. The van der Waals surface area contributed by atoms with Gasteiger partial charge in [-0.05, 0) is 25.3 Å². The van der Waals surface area contributed by atoms with E-state index in [2.05, 4.69) is 19.2 Å². The Morgan fingerprint density at radius 3 is 2.46 bits per heavy atom. The van der Waals surface area contributed by atoms with Gasteiger partial charge in [0.2, 0.25) is 0 Å². The van der Waals surface area contributed by atoms with Crippen molar-refractivity contribution in [2.24, 2.45) is 5.92 Å². The van der Waals surface area contributed by atoms with Gasteiger partial charge in [-0.2, -0.15) is 0 Å². The van der Waals surface area contributed by atoms with Crippen LogP contribution in [0.25, 0.3) is 0 Å². The van der Waals surface area contributed by atoms with Crippen LogP contribution in [-0.2, 0) is 9.73 Å². The minimum Gasteiger partial charge on any atom is -0.314 e.